The Balaban J connectivity index is 4.16. The highest BCUT2D eigenvalue weighted by atomic mass is 28.4. The van der Waals surface area contributed by atoms with Crippen LogP contribution < -0.4 is 0 Å². The lowest BCUT2D eigenvalue weighted by molar-refractivity contribution is 0.242. The molecule has 0 N–H and O–H groups in total. The van der Waals surface area contributed by atoms with E-state index in [4.69, 9.17) is 21.7 Å². The molecule has 0 rings (SSSR count). The van der Waals surface area contributed by atoms with E-state index in [1.165, 1.54) is 0 Å². The molecule has 0 fully saturated rings. The maximum absolute atomic E-state index is 5.42. The van der Waals surface area contributed by atoms with E-state index in [-0.39, 0.29) is 0 Å². The molecule has 0 saturated carbocycles. The summed E-state index contributed by atoms with van der Waals surface area (Å²) in [6.07, 6.45) is 11.8. The van der Waals surface area contributed by atoms with Crippen LogP contribution in [0.15, 0.2) is 0 Å². The van der Waals surface area contributed by atoms with Gasteiger partial charge in [0, 0.05) is 39.1 Å². The summed E-state index contributed by atoms with van der Waals surface area (Å²) >= 11 is 0. The van der Waals surface area contributed by atoms with Crippen molar-refractivity contribution in [3.63, 3.8) is 0 Å². The van der Waals surface area contributed by atoms with Crippen LogP contribution in [0.25, 0.3) is 0 Å². The highest BCUT2D eigenvalue weighted by Crippen LogP contribution is 2.20. The van der Waals surface area contributed by atoms with Gasteiger partial charge in [-0.25, -0.2) is 0 Å². The quantitative estimate of drug-likeness (QED) is 0.476. The van der Waals surface area contributed by atoms with Gasteiger partial charge in [0.25, 0.3) is 0 Å². The van der Waals surface area contributed by atoms with Gasteiger partial charge in [0.05, 0.1) is 0 Å². The molecule has 0 saturated heterocycles. The maximum Gasteiger partial charge on any atom is 0.339 e. The maximum atomic E-state index is 5.42. The number of hydrogen-bond donors (Lipinski definition) is 0. The molecule has 0 radical (unpaired) electrons. The van der Waals surface area contributed by atoms with Gasteiger partial charge in [0.1, 0.15) is 0 Å². The molecule has 2 nitrogen and oxygen atoms in total. The number of terminal acetylenes is 2. The molecule has 0 heterocycles. The Kier molecular flexibility index (Phi) is 6.35. The lowest BCUT2D eigenvalue weighted by Crippen LogP contribution is -2.39. The summed E-state index contributed by atoms with van der Waals surface area (Å²) in [5.41, 5.74) is 0. The van der Waals surface area contributed by atoms with Crippen LogP contribution in [0.3, 0.4) is 0 Å². The Morgan fingerprint density at radius 1 is 1.00 bits per heavy atom. The summed E-state index contributed by atoms with van der Waals surface area (Å²) in [7, 11) is 1.27. The average molecular weight is 196 g/mol. The second kappa shape index (κ2) is 6.74. The minimum absolute atomic E-state index is 0.693. The molecule has 0 aromatic rings. The lowest BCUT2D eigenvalue weighted by atomic mass is 10.5. The number of rotatable bonds is 6. The first-order chi connectivity index (χ1) is 6.24. The Bertz CT molecular complexity index is 188. The molecular weight excluding hydrogens is 180 g/mol. The van der Waals surface area contributed by atoms with Gasteiger partial charge in [0.15, 0.2) is 0 Å². The van der Waals surface area contributed by atoms with Crippen LogP contribution in [0.5, 0.6) is 0 Å². The third-order valence-corrected chi connectivity index (χ3v) is 5.56. The highest BCUT2D eigenvalue weighted by molar-refractivity contribution is 6.67. The van der Waals surface area contributed by atoms with Gasteiger partial charge in [-0.3, -0.25) is 0 Å². The molecule has 3 heteroatoms. The van der Waals surface area contributed by atoms with Crippen LogP contribution in [0.1, 0.15) is 12.8 Å². The lowest BCUT2D eigenvalue weighted by Gasteiger charge is -2.25. The normalized spacial score (nSPS) is 10.5. The minimum atomic E-state index is -2.07. The summed E-state index contributed by atoms with van der Waals surface area (Å²) in [5, 5.41) is 0. The van der Waals surface area contributed by atoms with E-state index in [1.54, 1.807) is 14.2 Å². The van der Waals surface area contributed by atoms with E-state index >= 15 is 0 Å². The van der Waals surface area contributed by atoms with Crippen LogP contribution in [0.4, 0.5) is 0 Å². The summed E-state index contributed by atoms with van der Waals surface area (Å²) in [4.78, 5) is 0. The van der Waals surface area contributed by atoms with Crippen molar-refractivity contribution < 1.29 is 8.85 Å². The zero-order chi connectivity index (χ0) is 10.2. The molecule has 0 unspecified atom stereocenters. The van der Waals surface area contributed by atoms with E-state index in [9.17, 15) is 0 Å². The molecule has 13 heavy (non-hydrogen) atoms. The summed E-state index contributed by atoms with van der Waals surface area (Å²) in [6, 6.07) is 1.64. The van der Waals surface area contributed by atoms with Crippen molar-refractivity contribution in [2.45, 2.75) is 24.9 Å². The molecule has 72 valence electrons. The molecule has 0 aliphatic rings. The second-order valence-corrected chi connectivity index (χ2v) is 6.37. The van der Waals surface area contributed by atoms with Crippen molar-refractivity contribution in [1.82, 2.24) is 0 Å². The Morgan fingerprint density at radius 3 is 1.62 bits per heavy atom. The Labute approximate surface area is 81.9 Å². The predicted molar refractivity (Wildman–Crippen MR) is 56.3 cm³/mol. The molecule has 0 aromatic heterocycles. The first-order valence-corrected chi connectivity index (χ1v) is 6.45. The standard InChI is InChI=1S/C10H16O2Si/c1-5-7-9-13(11-3,12-4)10-8-6-2/h1-2H,7-10H2,3-4H3. The highest BCUT2D eigenvalue weighted by Gasteiger charge is 2.33. The van der Waals surface area contributed by atoms with Gasteiger partial charge in [-0.1, -0.05) is 0 Å². The topological polar surface area (TPSA) is 18.5 Å². The van der Waals surface area contributed by atoms with Crippen LogP contribution in [0.2, 0.25) is 12.1 Å². The summed E-state index contributed by atoms with van der Waals surface area (Å²) in [6.45, 7) is 0. The van der Waals surface area contributed by atoms with Gasteiger partial charge in [-0.05, 0) is 0 Å². The zero-order valence-corrected chi connectivity index (χ0v) is 9.30. The largest absolute Gasteiger partial charge is 0.398 e. The van der Waals surface area contributed by atoms with Crippen LogP contribution in [0, 0.1) is 24.7 Å². The fraction of sp³-hybridized carbons (Fsp3) is 0.600. The van der Waals surface area contributed by atoms with Crippen molar-refractivity contribution >= 4 is 8.56 Å². The van der Waals surface area contributed by atoms with Gasteiger partial charge in [-0.15, -0.1) is 24.7 Å². The molecule has 0 aliphatic carbocycles. The van der Waals surface area contributed by atoms with Crippen molar-refractivity contribution in [2.24, 2.45) is 0 Å². The predicted octanol–water partition coefficient (Wildman–Crippen LogP) is 1.77. The van der Waals surface area contributed by atoms with Crippen molar-refractivity contribution in [3.05, 3.63) is 0 Å². The van der Waals surface area contributed by atoms with E-state index in [1.807, 2.05) is 0 Å². The first kappa shape index (κ1) is 12.3. The molecule has 0 atom stereocenters. The fourth-order valence-electron chi connectivity index (χ4n) is 1.14. The van der Waals surface area contributed by atoms with E-state index in [0.717, 1.165) is 12.1 Å². The number of hydrogen-bond acceptors (Lipinski definition) is 2. The third-order valence-electron chi connectivity index (χ3n) is 2.04. The molecule has 0 amide bonds. The first-order valence-electron chi connectivity index (χ1n) is 4.22. The zero-order valence-electron chi connectivity index (χ0n) is 8.30. The van der Waals surface area contributed by atoms with E-state index < -0.39 is 8.56 Å². The van der Waals surface area contributed by atoms with Crippen molar-refractivity contribution in [2.75, 3.05) is 14.2 Å². The van der Waals surface area contributed by atoms with Crippen LogP contribution in [-0.2, 0) is 8.85 Å². The molecule has 0 spiro atoms. The average Bonchev–Trinajstić information content (AvgIpc) is 2.20. The molecule has 0 aliphatic heterocycles. The van der Waals surface area contributed by atoms with Gasteiger partial charge < -0.3 is 8.85 Å². The molecule has 0 bridgehead atoms. The van der Waals surface area contributed by atoms with E-state index in [2.05, 4.69) is 11.8 Å². The van der Waals surface area contributed by atoms with Crippen molar-refractivity contribution in [1.29, 1.82) is 0 Å². The minimum Gasteiger partial charge on any atom is -0.398 e. The fourth-order valence-corrected chi connectivity index (χ4v) is 3.43. The SMILES string of the molecule is C#CCC[Si](CCC#C)(OC)OC. The third kappa shape index (κ3) is 4.14. The van der Waals surface area contributed by atoms with E-state index in [0.29, 0.717) is 12.8 Å². The molecular formula is C10H16O2Si. The Hall–Kier alpha value is -0.743. The summed E-state index contributed by atoms with van der Waals surface area (Å²) in [5.74, 6) is 5.18. The van der Waals surface area contributed by atoms with Crippen LogP contribution >= 0.6 is 0 Å². The van der Waals surface area contributed by atoms with Gasteiger partial charge in [0.2, 0.25) is 0 Å². The van der Waals surface area contributed by atoms with Crippen molar-refractivity contribution in [3.8, 4) is 24.7 Å². The summed E-state index contributed by atoms with van der Waals surface area (Å²) < 4.78 is 10.8. The Morgan fingerprint density at radius 2 is 1.38 bits per heavy atom. The second-order valence-electron chi connectivity index (χ2n) is 2.73. The monoisotopic (exact) mass is 196 g/mol. The molecule has 0 aromatic carbocycles. The smallest absolute Gasteiger partial charge is 0.339 e. The van der Waals surface area contributed by atoms with Gasteiger partial charge in [-0.2, -0.15) is 0 Å². The van der Waals surface area contributed by atoms with Gasteiger partial charge >= 0.3 is 8.56 Å². The van der Waals surface area contributed by atoms with Crippen LogP contribution in [-0.4, -0.2) is 22.8 Å².